The molecule has 1 unspecified atom stereocenters. The first-order valence-corrected chi connectivity index (χ1v) is 6.30. The molecule has 0 amide bonds. The Morgan fingerprint density at radius 2 is 2.00 bits per heavy atom. The number of nitrogens with zero attached hydrogens (tertiary/aromatic N) is 3. The molecule has 96 valence electrons. The van der Waals surface area contributed by atoms with Gasteiger partial charge in [-0.25, -0.2) is 0 Å². The molecule has 0 radical (unpaired) electrons. The molecule has 0 aliphatic heterocycles. The second-order valence-corrected chi connectivity index (χ2v) is 4.38. The third kappa shape index (κ3) is 2.54. The summed E-state index contributed by atoms with van der Waals surface area (Å²) in [5.74, 6) is 0.782. The molecule has 2 aromatic rings. The minimum atomic E-state index is 0.146. The Hall–Kier alpha value is -1.39. The van der Waals surface area contributed by atoms with E-state index in [0.717, 1.165) is 17.8 Å². The summed E-state index contributed by atoms with van der Waals surface area (Å²) >= 11 is 6.14. The van der Waals surface area contributed by atoms with E-state index < -0.39 is 0 Å². The van der Waals surface area contributed by atoms with E-state index in [2.05, 4.69) is 17.1 Å². The van der Waals surface area contributed by atoms with Crippen LogP contribution in [0.15, 0.2) is 30.3 Å². The van der Waals surface area contributed by atoms with Gasteiger partial charge in [-0.1, -0.05) is 37.3 Å². The normalized spacial score (nSPS) is 12.6. The molecule has 0 aliphatic carbocycles. The summed E-state index contributed by atoms with van der Waals surface area (Å²) in [7, 11) is 1.68. The Bertz CT molecular complexity index is 498. The molecular formula is C13H16ClN3O. The first-order chi connectivity index (χ1) is 8.77. The Morgan fingerprint density at radius 1 is 1.28 bits per heavy atom. The molecule has 1 aromatic heterocycles. The molecule has 0 saturated heterocycles. The van der Waals surface area contributed by atoms with E-state index in [-0.39, 0.29) is 6.04 Å². The van der Waals surface area contributed by atoms with Gasteiger partial charge in [0.2, 0.25) is 5.28 Å². The summed E-state index contributed by atoms with van der Waals surface area (Å²) in [4.78, 5) is 0. The summed E-state index contributed by atoms with van der Waals surface area (Å²) in [5.41, 5.74) is 1.01. The van der Waals surface area contributed by atoms with Crippen molar-refractivity contribution in [3.8, 4) is 11.4 Å². The lowest BCUT2D eigenvalue weighted by atomic mass is 10.2. The van der Waals surface area contributed by atoms with E-state index in [1.165, 1.54) is 0 Å². The summed E-state index contributed by atoms with van der Waals surface area (Å²) in [6.45, 7) is 2.68. The monoisotopic (exact) mass is 265 g/mol. The van der Waals surface area contributed by atoms with Gasteiger partial charge in [0.15, 0.2) is 5.82 Å². The Labute approximate surface area is 112 Å². The van der Waals surface area contributed by atoms with Crippen LogP contribution in [0, 0.1) is 0 Å². The minimum Gasteiger partial charge on any atom is -0.383 e. The van der Waals surface area contributed by atoms with Crippen LogP contribution in [0.3, 0.4) is 0 Å². The third-order valence-electron chi connectivity index (χ3n) is 2.88. The third-order valence-corrected chi connectivity index (χ3v) is 3.14. The van der Waals surface area contributed by atoms with Gasteiger partial charge in [-0.3, -0.25) is 4.57 Å². The van der Waals surface area contributed by atoms with Gasteiger partial charge in [-0.2, -0.15) is 0 Å². The maximum Gasteiger partial charge on any atom is 0.225 e. The van der Waals surface area contributed by atoms with Crippen LogP contribution in [0.4, 0.5) is 0 Å². The van der Waals surface area contributed by atoms with Crippen molar-refractivity contribution in [2.24, 2.45) is 0 Å². The van der Waals surface area contributed by atoms with Crippen molar-refractivity contribution < 1.29 is 4.74 Å². The highest BCUT2D eigenvalue weighted by molar-refractivity contribution is 6.28. The fourth-order valence-electron chi connectivity index (χ4n) is 1.95. The molecule has 0 N–H and O–H groups in total. The van der Waals surface area contributed by atoms with E-state index in [0.29, 0.717) is 11.9 Å². The topological polar surface area (TPSA) is 39.9 Å². The van der Waals surface area contributed by atoms with Gasteiger partial charge in [0.1, 0.15) is 0 Å². The molecule has 5 heteroatoms. The fourth-order valence-corrected chi connectivity index (χ4v) is 2.20. The second-order valence-electron chi connectivity index (χ2n) is 4.05. The SMILES string of the molecule is CCC(COC)n1c(Cl)nnc1-c1ccccc1. The molecule has 0 aliphatic rings. The summed E-state index contributed by atoms with van der Waals surface area (Å²) in [6, 6.07) is 10.1. The van der Waals surface area contributed by atoms with E-state index >= 15 is 0 Å². The molecule has 0 saturated carbocycles. The Balaban J connectivity index is 2.44. The van der Waals surface area contributed by atoms with Crippen molar-refractivity contribution >= 4 is 11.6 Å². The van der Waals surface area contributed by atoms with E-state index in [9.17, 15) is 0 Å². The zero-order valence-electron chi connectivity index (χ0n) is 10.5. The molecule has 0 spiro atoms. The quantitative estimate of drug-likeness (QED) is 0.834. The predicted octanol–water partition coefficient (Wildman–Crippen LogP) is 3.20. The van der Waals surface area contributed by atoms with Crippen LogP contribution < -0.4 is 0 Å². The zero-order chi connectivity index (χ0) is 13.0. The number of hydrogen-bond donors (Lipinski definition) is 0. The molecule has 1 aromatic carbocycles. The lowest BCUT2D eigenvalue weighted by Crippen LogP contribution is -2.15. The highest BCUT2D eigenvalue weighted by Gasteiger charge is 2.19. The summed E-state index contributed by atoms with van der Waals surface area (Å²) in [5, 5.41) is 8.53. The average Bonchev–Trinajstić information content (AvgIpc) is 2.79. The van der Waals surface area contributed by atoms with Crippen LogP contribution in [0.2, 0.25) is 5.28 Å². The first-order valence-electron chi connectivity index (χ1n) is 5.92. The Kier molecular flexibility index (Phi) is 4.33. The molecule has 0 bridgehead atoms. The van der Waals surface area contributed by atoms with E-state index in [1.54, 1.807) is 7.11 Å². The molecular weight excluding hydrogens is 250 g/mol. The lowest BCUT2D eigenvalue weighted by Gasteiger charge is -2.18. The van der Waals surface area contributed by atoms with Gasteiger partial charge in [-0.15, -0.1) is 10.2 Å². The molecule has 1 atom stereocenters. The number of rotatable bonds is 5. The van der Waals surface area contributed by atoms with Crippen LogP contribution in [-0.2, 0) is 4.74 Å². The maximum absolute atomic E-state index is 6.14. The van der Waals surface area contributed by atoms with Gasteiger partial charge >= 0.3 is 0 Å². The predicted molar refractivity (Wildman–Crippen MR) is 71.7 cm³/mol. The number of halogens is 1. The largest absolute Gasteiger partial charge is 0.383 e. The van der Waals surface area contributed by atoms with Crippen molar-refractivity contribution in [3.05, 3.63) is 35.6 Å². The van der Waals surface area contributed by atoms with E-state index in [4.69, 9.17) is 16.3 Å². The number of ether oxygens (including phenoxy) is 1. The van der Waals surface area contributed by atoms with Gasteiger partial charge in [0.05, 0.1) is 12.6 Å². The average molecular weight is 266 g/mol. The number of aromatic nitrogens is 3. The highest BCUT2D eigenvalue weighted by Crippen LogP contribution is 2.26. The maximum atomic E-state index is 6.14. The summed E-state index contributed by atoms with van der Waals surface area (Å²) < 4.78 is 7.16. The van der Waals surface area contributed by atoms with Gasteiger partial charge in [0.25, 0.3) is 0 Å². The van der Waals surface area contributed by atoms with Crippen LogP contribution in [0.25, 0.3) is 11.4 Å². The smallest absolute Gasteiger partial charge is 0.225 e. The number of benzene rings is 1. The summed E-state index contributed by atoms with van der Waals surface area (Å²) in [6.07, 6.45) is 0.908. The van der Waals surface area contributed by atoms with Crippen molar-refractivity contribution in [2.45, 2.75) is 19.4 Å². The van der Waals surface area contributed by atoms with Crippen molar-refractivity contribution in [1.29, 1.82) is 0 Å². The minimum absolute atomic E-state index is 0.146. The second kappa shape index (κ2) is 5.98. The van der Waals surface area contributed by atoms with Gasteiger partial charge in [-0.05, 0) is 18.0 Å². The molecule has 2 rings (SSSR count). The molecule has 0 fully saturated rings. The fraction of sp³-hybridized carbons (Fsp3) is 0.385. The molecule has 1 heterocycles. The highest BCUT2D eigenvalue weighted by atomic mass is 35.5. The standard InChI is InChI=1S/C13H16ClN3O/c1-3-11(9-18-2)17-12(15-16-13(17)14)10-7-5-4-6-8-10/h4-8,11H,3,9H2,1-2H3. The van der Waals surface area contributed by atoms with Gasteiger partial charge < -0.3 is 4.74 Å². The van der Waals surface area contributed by atoms with Crippen LogP contribution in [-0.4, -0.2) is 28.5 Å². The van der Waals surface area contributed by atoms with Crippen LogP contribution in [0.5, 0.6) is 0 Å². The number of methoxy groups -OCH3 is 1. The molecule has 4 nitrogen and oxygen atoms in total. The van der Waals surface area contributed by atoms with Crippen LogP contribution >= 0.6 is 11.6 Å². The van der Waals surface area contributed by atoms with Crippen molar-refractivity contribution in [2.75, 3.05) is 13.7 Å². The Morgan fingerprint density at radius 3 is 2.61 bits per heavy atom. The van der Waals surface area contributed by atoms with Crippen molar-refractivity contribution in [1.82, 2.24) is 14.8 Å². The van der Waals surface area contributed by atoms with Gasteiger partial charge in [0, 0.05) is 12.7 Å². The van der Waals surface area contributed by atoms with Crippen LogP contribution in [0.1, 0.15) is 19.4 Å². The number of hydrogen-bond acceptors (Lipinski definition) is 3. The lowest BCUT2D eigenvalue weighted by molar-refractivity contribution is 0.153. The van der Waals surface area contributed by atoms with Crippen molar-refractivity contribution in [3.63, 3.8) is 0 Å². The zero-order valence-corrected chi connectivity index (χ0v) is 11.3. The molecule has 18 heavy (non-hydrogen) atoms. The van der Waals surface area contributed by atoms with E-state index in [1.807, 2.05) is 34.9 Å². The first kappa shape index (κ1) is 13.1.